The molecule has 2 aliphatic heterocycles. The first-order chi connectivity index (χ1) is 17.0. The summed E-state index contributed by atoms with van der Waals surface area (Å²) in [5.74, 6) is -0.518. The van der Waals surface area contributed by atoms with Crippen molar-refractivity contribution in [2.45, 2.75) is 58.0 Å². The molecule has 3 aliphatic rings. The number of amides is 3. The van der Waals surface area contributed by atoms with Crippen LogP contribution in [0.25, 0.3) is 0 Å². The van der Waals surface area contributed by atoms with Gasteiger partial charge in [0.05, 0.1) is 5.92 Å². The smallest absolute Gasteiger partial charge is 0.254 e. The molecule has 5 rings (SSSR count). The van der Waals surface area contributed by atoms with Crippen molar-refractivity contribution in [2.24, 2.45) is 11.8 Å². The van der Waals surface area contributed by atoms with Gasteiger partial charge in [0, 0.05) is 43.7 Å². The first kappa shape index (κ1) is 23.6. The minimum Gasteiger partial charge on any atom is -0.356 e. The van der Waals surface area contributed by atoms with Gasteiger partial charge < -0.3 is 15.1 Å². The fourth-order valence-electron chi connectivity index (χ4n) is 6.07. The maximum Gasteiger partial charge on any atom is 0.254 e. The second kappa shape index (κ2) is 10.2. The molecule has 3 unspecified atom stereocenters. The molecule has 1 N–H and O–H groups in total. The van der Waals surface area contributed by atoms with Crippen LogP contribution in [-0.2, 0) is 22.6 Å². The Hall–Kier alpha value is -3.15. The second-order valence-electron chi connectivity index (χ2n) is 10.3. The summed E-state index contributed by atoms with van der Waals surface area (Å²) in [6, 6.07) is 15.7. The standard InChI is InChI=1S/C29H35N3O3/c1-20-8-7-11-22(16-20)29(35)32-14-6-2-5-13-30-27(33)25-17-24(18-26(25)32)28(34)31-15-12-21-9-3-4-10-23(21)19-31/h3-4,7-11,16,24-26H,2,5-6,12-15,17-19H2,1H3,(H,30,33). The number of carbonyl (C=O) groups is 3. The molecule has 2 fully saturated rings. The predicted octanol–water partition coefficient (Wildman–Crippen LogP) is 3.72. The molecule has 0 aromatic heterocycles. The molecule has 2 aromatic rings. The Kier molecular flexibility index (Phi) is 6.89. The van der Waals surface area contributed by atoms with Crippen LogP contribution in [0.1, 0.15) is 59.2 Å². The summed E-state index contributed by atoms with van der Waals surface area (Å²) in [4.78, 5) is 44.4. The summed E-state index contributed by atoms with van der Waals surface area (Å²) in [5, 5.41) is 3.08. The van der Waals surface area contributed by atoms with Crippen LogP contribution in [0.2, 0.25) is 0 Å². The van der Waals surface area contributed by atoms with Crippen molar-refractivity contribution in [3.05, 3.63) is 70.8 Å². The number of rotatable bonds is 2. The molecule has 3 amide bonds. The number of nitrogens with one attached hydrogen (secondary N) is 1. The van der Waals surface area contributed by atoms with Gasteiger partial charge in [-0.05, 0) is 68.7 Å². The molecule has 0 spiro atoms. The molecule has 2 aromatic carbocycles. The van der Waals surface area contributed by atoms with Crippen molar-refractivity contribution in [1.29, 1.82) is 0 Å². The number of benzene rings is 2. The van der Waals surface area contributed by atoms with Gasteiger partial charge in [-0.1, -0.05) is 42.0 Å². The molecular weight excluding hydrogens is 438 g/mol. The van der Waals surface area contributed by atoms with E-state index in [-0.39, 0.29) is 35.6 Å². The number of hydrogen-bond donors (Lipinski definition) is 1. The quantitative estimate of drug-likeness (QED) is 0.723. The van der Waals surface area contributed by atoms with Gasteiger partial charge in [0.15, 0.2) is 0 Å². The highest BCUT2D eigenvalue weighted by molar-refractivity contribution is 5.95. The van der Waals surface area contributed by atoms with Crippen LogP contribution in [0, 0.1) is 18.8 Å². The number of carbonyl (C=O) groups excluding carboxylic acids is 3. The Morgan fingerprint density at radius 2 is 1.77 bits per heavy atom. The van der Waals surface area contributed by atoms with Crippen LogP contribution >= 0.6 is 0 Å². The maximum absolute atomic E-state index is 13.7. The van der Waals surface area contributed by atoms with E-state index < -0.39 is 0 Å². The zero-order chi connectivity index (χ0) is 24.4. The highest BCUT2D eigenvalue weighted by atomic mass is 16.2. The van der Waals surface area contributed by atoms with Crippen LogP contribution in [-0.4, -0.2) is 53.2 Å². The second-order valence-corrected chi connectivity index (χ2v) is 10.3. The van der Waals surface area contributed by atoms with E-state index in [0.717, 1.165) is 31.2 Å². The summed E-state index contributed by atoms with van der Waals surface area (Å²) in [7, 11) is 0. The highest BCUT2D eigenvalue weighted by Gasteiger charge is 2.46. The van der Waals surface area contributed by atoms with Gasteiger partial charge in [-0.25, -0.2) is 0 Å². The molecule has 0 bridgehead atoms. The zero-order valence-corrected chi connectivity index (χ0v) is 20.5. The fourth-order valence-corrected chi connectivity index (χ4v) is 6.07. The largest absolute Gasteiger partial charge is 0.356 e. The molecule has 2 heterocycles. The van der Waals surface area contributed by atoms with E-state index in [1.807, 2.05) is 53.1 Å². The van der Waals surface area contributed by atoms with Crippen LogP contribution in [0.5, 0.6) is 0 Å². The van der Waals surface area contributed by atoms with Gasteiger partial charge in [-0.15, -0.1) is 0 Å². The van der Waals surface area contributed by atoms with Gasteiger partial charge in [-0.2, -0.15) is 0 Å². The number of nitrogens with zero attached hydrogens (tertiary/aromatic N) is 2. The van der Waals surface area contributed by atoms with E-state index in [9.17, 15) is 14.4 Å². The topological polar surface area (TPSA) is 69.7 Å². The Labute approximate surface area is 207 Å². The molecule has 6 heteroatoms. The van der Waals surface area contributed by atoms with Crippen molar-refractivity contribution in [2.75, 3.05) is 19.6 Å². The molecule has 1 saturated carbocycles. The maximum atomic E-state index is 13.7. The molecule has 1 saturated heterocycles. The van der Waals surface area contributed by atoms with Crippen molar-refractivity contribution in [1.82, 2.24) is 15.1 Å². The minimum absolute atomic E-state index is 0.0155. The minimum atomic E-state index is -0.354. The molecule has 184 valence electrons. The van der Waals surface area contributed by atoms with E-state index in [0.29, 0.717) is 44.6 Å². The van der Waals surface area contributed by atoms with Crippen molar-refractivity contribution in [3.8, 4) is 0 Å². The Balaban J connectivity index is 1.39. The van der Waals surface area contributed by atoms with Gasteiger partial charge in [0.1, 0.15) is 0 Å². The van der Waals surface area contributed by atoms with E-state index >= 15 is 0 Å². The average molecular weight is 474 g/mol. The lowest BCUT2D eigenvalue weighted by molar-refractivity contribution is -0.136. The van der Waals surface area contributed by atoms with E-state index in [1.165, 1.54) is 11.1 Å². The molecule has 3 atom stereocenters. The van der Waals surface area contributed by atoms with Crippen LogP contribution in [0.3, 0.4) is 0 Å². The predicted molar refractivity (Wildman–Crippen MR) is 135 cm³/mol. The third kappa shape index (κ3) is 4.97. The molecule has 6 nitrogen and oxygen atoms in total. The molecular formula is C29H35N3O3. The molecule has 35 heavy (non-hydrogen) atoms. The Morgan fingerprint density at radius 3 is 2.60 bits per heavy atom. The Bertz CT molecular complexity index is 1110. The van der Waals surface area contributed by atoms with E-state index in [1.54, 1.807) is 0 Å². The molecule has 1 aliphatic carbocycles. The fraction of sp³-hybridized carbons (Fsp3) is 0.483. The number of fused-ring (bicyclic) bond motifs is 2. The summed E-state index contributed by atoms with van der Waals surface area (Å²) in [6.45, 7) is 4.60. The average Bonchev–Trinajstić information content (AvgIpc) is 3.32. The first-order valence-corrected chi connectivity index (χ1v) is 13.0. The monoisotopic (exact) mass is 473 g/mol. The van der Waals surface area contributed by atoms with E-state index in [4.69, 9.17) is 0 Å². The summed E-state index contributed by atoms with van der Waals surface area (Å²) in [6.07, 6.45) is 4.69. The highest BCUT2D eigenvalue weighted by Crippen LogP contribution is 2.38. The summed E-state index contributed by atoms with van der Waals surface area (Å²) in [5.41, 5.74) is 4.21. The third-order valence-corrected chi connectivity index (χ3v) is 7.96. The number of aryl methyl sites for hydroxylation is 1. The van der Waals surface area contributed by atoms with Gasteiger partial charge >= 0.3 is 0 Å². The van der Waals surface area contributed by atoms with Crippen molar-refractivity contribution >= 4 is 17.7 Å². The lowest BCUT2D eigenvalue weighted by Crippen LogP contribution is -2.48. The third-order valence-electron chi connectivity index (χ3n) is 7.96. The van der Waals surface area contributed by atoms with Gasteiger partial charge in [0.25, 0.3) is 5.91 Å². The zero-order valence-electron chi connectivity index (χ0n) is 20.5. The van der Waals surface area contributed by atoms with E-state index in [2.05, 4.69) is 17.4 Å². The summed E-state index contributed by atoms with van der Waals surface area (Å²) < 4.78 is 0. The van der Waals surface area contributed by atoms with Crippen molar-refractivity contribution in [3.63, 3.8) is 0 Å². The SMILES string of the molecule is Cc1cccc(C(=O)N2CCCCCNC(=O)C3CC(C(=O)N4CCc5ccccc5C4)CC32)c1. The summed E-state index contributed by atoms with van der Waals surface area (Å²) >= 11 is 0. The lowest BCUT2D eigenvalue weighted by atomic mass is 9.97. The first-order valence-electron chi connectivity index (χ1n) is 13.0. The Morgan fingerprint density at radius 1 is 0.943 bits per heavy atom. The van der Waals surface area contributed by atoms with Crippen LogP contribution in [0.4, 0.5) is 0 Å². The van der Waals surface area contributed by atoms with Gasteiger partial charge in [0.2, 0.25) is 11.8 Å². The van der Waals surface area contributed by atoms with Crippen LogP contribution < -0.4 is 5.32 Å². The molecule has 0 radical (unpaired) electrons. The van der Waals surface area contributed by atoms with Gasteiger partial charge in [-0.3, -0.25) is 14.4 Å². The number of hydrogen-bond acceptors (Lipinski definition) is 3. The van der Waals surface area contributed by atoms with Crippen molar-refractivity contribution < 1.29 is 14.4 Å². The lowest BCUT2D eigenvalue weighted by Gasteiger charge is -2.34. The normalized spacial score (nSPS) is 24.8. The van der Waals surface area contributed by atoms with Crippen LogP contribution in [0.15, 0.2) is 48.5 Å².